The number of anilines is 1. The molecule has 0 spiro atoms. The minimum atomic E-state index is -3.85. The Morgan fingerprint density at radius 3 is 2.43 bits per heavy atom. The molecule has 2 aromatic heterocycles. The molecule has 10 heteroatoms. The van der Waals surface area contributed by atoms with E-state index in [2.05, 4.69) is 39.3 Å². The summed E-state index contributed by atoms with van der Waals surface area (Å²) >= 11 is 5.87. The SMILES string of the molecule is Cc1nc(CS(=O)(=O)c2cccc(F)c2Cl)ccc1/C=C/c1cnc(NC2CCC(N(C)C)CC2)nc1. The summed E-state index contributed by atoms with van der Waals surface area (Å²) in [7, 11) is 0.419. The first-order valence-electron chi connectivity index (χ1n) is 12.2. The predicted octanol–water partition coefficient (Wildman–Crippen LogP) is 5.40. The average molecular weight is 544 g/mol. The standard InChI is InChI=1S/C27H31ClFN5O2S/c1-18-20(9-10-22(32-18)17-37(35,36)25-6-4-5-24(29)26(25)28)8-7-19-15-30-27(31-16-19)33-21-11-13-23(14-12-21)34(2)3/h4-10,15-16,21,23H,11-14,17H2,1-3H3,(H,30,31,33)/b8-7+. The molecule has 1 fully saturated rings. The minimum absolute atomic E-state index is 0.239. The molecule has 1 aliphatic carbocycles. The van der Waals surface area contributed by atoms with Crippen LogP contribution in [0.3, 0.4) is 0 Å². The second-order valence-electron chi connectivity index (χ2n) is 9.58. The minimum Gasteiger partial charge on any atom is -0.351 e. The van der Waals surface area contributed by atoms with Crippen LogP contribution in [-0.4, -0.2) is 54.4 Å². The lowest BCUT2D eigenvalue weighted by Gasteiger charge is -2.32. The van der Waals surface area contributed by atoms with E-state index in [4.69, 9.17) is 11.6 Å². The maximum Gasteiger partial charge on any atom is 0.222 e. The highest BCUT2D eigenvalue weighted by Crippen LogP contribution is 2.27. The second kappa shape index (κ2) is 11.7. The predicted molar refractivity (Wildman–Crippen MR) is 146 cm³/mol. The smallest absolute Gasteiger partial charge is 0.222 e. The molecule has 0 atom stereocenters. The van der Waals surface area contributed by atoms with E-state index in [0.717, 1.165) is 30.0 Å². The van der Waals surface area contributed by atoms with Gasteiger partial charge < -0.3 is 10.2 Å². The highest BCUT2D eigenvalue weighted by molar-refractivity contribution is 7.90. The summed E-state index contributed by atoms with van der Waals surface area (Å²) in [4.78, 5) is 15.4. The zero-order chi connectivity index (χ0) is 26.6. The van der Waals surface area contributed by atoms with E-state index in [1.54, 1.807) is 31.5 Å². The molecule has 37 heavy (non-hydrogen) atoms. The Balaban J connectivity index is 1.37. The van der Waals surface area contributed by atoms with Gasteiger partial charge >= 0.3 is 0 Å². The molecule has 1 aliphatic rings. The van der Waals surface area contributed by atoms with Gasteiger partial charge in [-0.1, -0.05) is 35.9 Å². The Labute approximate surface area is 222 Å². The van der Waals surface area contributed by atoms with Gasteiger partial charge in [-0.25, -0.2) is 22.8 Å². The van der Waals surface area contributed by atoms with Crippen molar-refractivity contribution in [2.24, 2.45) is 0 Å². The summed E-state index contributed by atoms with van der Waals surface area (Å²) in [6.07, 6.45) is 11.9. The van der Waals surface area contributed by atoms with E-state index in [9.17, 15) is 12.8 Å². The van der Waals surface area contributed by atoms with Crippen molar-refractivity contribution in [1.82, 2.24) is 19.9 Å². The van der Waals surface area contributed by atoms with Crippen molar-refractivity contribution in [2.75, 3.05) is 19.4 Å². The molecular formula is C27H31ClFN5O2S. The number of aromatic nitrogens is 3. The zero-order valence-electron chi connectivity index (χ0n) is 21.2. The zero-order valence-corrected chi connectivity index (χ0v) is 22.7. The van der Waals surface area contributed by atoms with Crippen LogP contribution < -0.4 is 5.32 Å². The summed E-state index contributed by atoms with van der Waals surface area (Å²) < 4.78 is 39.2. The lowest BCUT2D eigenvalue weighted by Crippen LogP contribution is -2.36. The number of nitrogens with one attached hydrogen (secondary N) is 1. The number of nitrogens with zero attached hydrogens (tertiary/aromatic N) is 4. The fraction of sp³-hybridized carbons (Fsp3) is 0.370. The van der Waals surface area contributed by atoms with Crippen LogP contribution in [-0.2, 0) is 15.6 Å². The first-order chi connectivity index (χ1) is 17.6. The van der Waals surface area contributed by atoms with E-state index in [1.165, 1.54) is 25.0 Å². The molecule has 3 aromatic rings. The number of hydrogen-bond donors (Lipinski definition) is 1. The van der Waals surface area contributed by atoms with Crippen LogP contribution in [0.5, 0.6) is 0 Å². The Hall–Kier alpha value is -2.88. The Morgan fingerprint density at radius 1 is 1.08 bits per heavy atom. The van der Waals surface area contributed by atoms with E-state index in [-0.39, 0.29) is 10.6 Å². The van der Waals surface area contributed by atoms with Gasteiger partial charge in [-0.3, -0.25) is 4.98 Å². The van der Waals surface area contributed by atoms with Crippen molar-refractivity contribution in [3.63, 3.8) is 0 Å². The maximum absolute atomic E-state index is 13.7. The number of pyridine rings is 1. The van der Waals surface area contributed by atoms with E-state index in [1.807, 2.05) is 12.2 Å². The maximum atomic E-state index is 13.7. The number of sulfone groups is 1. The Bertz CT molecular complexity index is 1370. The van der Waals surface area contributed by atoms with Crippen LogP contribution in [0.1, 0.15) is 48.2 Å². The average Bonchev–Trinajstić information content (AvgIpc) is 2.86. The molecule has 1 aromatic carbocycles. The third-order valence-corrected chi connectivity index (χ3v) is 8.84. The molecule has 7 nitrogen and oxygen atoms in total. The lowest BCUT2D eigenvalue weighted by atomic mass is 9.91. The topological polar surface area (TPSA) is 88.1 Å². The van der Waals surface area contributed by atoms with Gasteiger partial charge in [-0.05, 0) is 70.5 Å². The highest BCUT2D eigenvalue weighted by atomic mass is 35.5. The van der Waals surface area contributed by atoms with Gasteiger partial charge in [0.15, 0.2) is 9.84 Å². The molecule has 0 bridgehead atoms. The third-order valence-electron chi connectivity index (χ3n) is 6.66. The fourth-order valence-electron chi connectivity index (χ4n) is 4.48. The highest BCUT2D eigenvalue weighted by Gasteiger charge is 2.23. The Morgan fingerprint density at radius 2 is 1.78 bits per heavy atom. The van der Waals surface area contributed by atoms with Gasteiger partial charge in [0.1, 0.15) is 5.82 Å². The molecular weight excluding hydrogens is 513 g/mol. The molecule has 4 rings (SSSR count). The van der Waals surface area contributed by atoms with Crippen molar-refractivity contribution in [1.29, 1.82) is 0 Å². The van der Waals surface area contributed by atoms with Crippen molar-refractivity contribution < 1.29 is 12.8 Å². The summed E-state index contributed by atoms with van der Waals surface area (Å²) in [5.74, 6) is -0.514. The van der Waals surface area contributed by atoms with Crippen LogP contribution in [0.4, 0.5) is 10.3 Å². The number of aryl methyl sites for hydroxylation is 1. The van der Waals surface area contributed by atoms with E-state index in [0.29, 0.717) is 29.4 Å². The van der Waals surface area contributed by atoms with E-state index >= 15 is 0 Å². The fourth-order valence-corrected chi connectivity index (χ4v) is 6.32. The molecule has 1 saturated carbocycles. The monoisotopic (exact) mass is 543 g/mol. The van der Waals surface area contributed by atoms with Crippen LogP contribution >= 0.6 is 11.6 Å². The number of benzene rings is 1. The molecule has 196 valence electrons. The number of rotatable bonds is 8. The summed E-state index contributed by atoms with van der Waals surface area (Å²) in [6.45, 7) is 1.81. The van der Waals surface area contributed by atoms with Crippen LogP contribution in [0.15, 0.2) is 47.6 Å². The normalized spacial score (nSPS) is 18.4. The van der Waals surface area contributed by atoms with Gasteiger partial charge in [0, 0.05) is 35.7 Å². The number of halogens is 2. The van der Waals surface area contributed by atoms with E-state index < -0.39 is 20.7 Å². The molecule has 0 radical (unpaired) electrons. The van der Waals surface area contributed by atoms with Crippen LogP contribution in [0.2, 0.25) is 5.02 Å². The first-order valence-corrected chi connectivity index (χ1v) is 14.2. The molecule has 0 aliphatic heterocycles. The molecule has 1 N–H and O–H groups in total. The van der Waals surface area contributed by atoms with Gasteiger partial charge in [-0.2, -0.15) is 0 Å². The largest absolute Gasteiger partial charge is 0.351 e. The summed E-state index contributed by atoms with van der Waals surface area (Å²) in [5.41, 5.74) is 2.70. The van der Waals surface area contributed by atoms with Crippen molar-refractivity contribution in [3.8, 4) is 0 Å². The molecule has 2 heterocycles. The number of hydrogen-bond acceptors (Lipinski definition) is 7. The first kappa shape index (κ1) is 27.2. The molecule has 0 saturated heterocycles. The Kier molecular flexibility index (Phi) is 8.56. The second-order valence-corrected chi connectivity index (χ2v) is 11.9. The van der Waals surface area contributed by atoms with Crippen molar-refractivity contribution in [3.05, 3.63) is 76.1 Å². The quantitative estimate of drug-likeness (QED) is 0.407. The molecule has 0 amide bonds. The van der Waals surface area contributed by atoms with Gasteiger partial charge in [0.25, 0.3) is 0 Å². The third kappa shape index (κ3) is 6.91. The van der Waals surface area contributed by atoms with Crippen LogP contribution in [0.25, 0.3) is 12.2 Å². The van der Waals surface area contributed by atoms with Crippen LogP contribution in [0, 0.1) is 12.7 Å². The van der Waals surface area contributed by atoms with Crippen molar-refractivity contribution >= 4 is 39.5 Å². The van der Waals surface area contributed by atoms with Crippen molar-refractivity contribution in [2.45, 2.75) is 55.3 Å². The summed E-state index contributed by atoms with van der Waals surface area (Å²) in [6, 6.07) is 8.23. The van der Waals surface area contributed by atoms with Gasteiger partial charge in [-0.15, -0.1) is 0 Å². The molecule has 0 unspecified atom stereocenters. The lowest BCUT2D eigenvalue weighted by molar-refractivity contribution is 0.221. The van der Waals surface area contributed by atoms with Gasteiger partial charge in [0.05, 0.1) is 21.4 Å². The summed E-state index contributed by atoms with van der Waals surface area (Å²) in [5, 5.41) is 3.04. The van der Waals surface area contributed by atoms with Gasteiger partial charge in [0.2, 0.25) is 5.95 Å².